The minimum absolute atomic E-state index is 0.249. The van der Waals surface area contributed by atoms with Gasteiger partial charge >= 0.3 is 0 Å². The molecule has 0 unspecified atom stereocenters. The van der Waals surface area contributed by atoms with Crippen molar-refractivity contribution in [3.63, 3.8) is 0 Å². The highest BCUT2D eigenvalue weighted by molar-refractivity contribution is 5.49. The summed E-state index contributed by atoms with van der Waals surface area (Å²) in [5.74, 6) is 0.207. The first kappa shape index (κ1) is 12.8. The Hall–Kier alpha value is -2.17. The number of hydrogen-bond acceptors (Lipinski definition) is 4. The fraction of sp³-hybridized carbons (Fsp3) is 0.333. The first-order chi connectivity index (χ1) is 9.74. The van der Waals surface area contributed by atoms with Crippen LogP contribution in [0.4, 0.5) is 15.9 Å². The van der Waals surface area contributed by atoms with Crippen molar-refractivity contribution in [3.05, 3.63) is 48.2 Å². The Kier molecular flexibility index (Phi) is 3.50. The number of pyridine rings is 2. The minimum atomic E-state index is -0.249. The summed E-state index contributed by atoms with van der Waals surface area (Å²) in [6.07, 6.45) is 3.46. The summed E-state index contributed by atoms with van der Waals surface area (Å²) < 4.78 is 13.7. The van der Waals surface area contributed by atoms with Crippen LogP contribution in [0, 0.1) is 12.7 Å². The molecule has 3 rings (SSSR count). The number of rotatable bonds is 2. The Morgan fingerprint density at radius 1 is 1.00 bits per heavy atom. The van der Waals surface area contributed by atoms with Gasteiger partial charge in [0.25, 0.3) is 0 Å². The Labute approximate surface area is 117 Å². The summed E-state index contributed by atoms with van der Waals surface area (Å²) in [6, 6.07) is 7.18. The number of halogens is 1. The molecule has 2 aromatic heterocycles. The first-order valence-electron chi connectivity index (χ1n) is 6.77. The third-order valence-electron chi connectivity index (χ3n) is 3.56. The number of nitrogens with zero attached hydrogens (tertiary/aromatic N) is 4. The van der Waals surface area contributed by atoms with Crippen LogP contribution in [0.25, 0.3) is 0 Å². The van der Waals surface area contributed by atoms with E-state index in [9.17, 15) is 4.39 Å². The molecule has 20 heavy (non-hydrogen) atoms. The van der Waals surface area contributed by atoms with Gasteiger partial charge < -0.3 is 9.80 Å². The second-order valence-corrected chi connectivity index (χ2v) is 4.94. The Morgan fingerprint density at radius 3 is 2.45 bits per heavy atom. The second kappa shape index (κ2) is 5.45. The fourth-order valence-corrected chi connectivity index (χ4v) is 2.51. The summed E-state index contributed by atoms with van der Waals surface area (Å²) in [4.78, 5) is 12.6. The summed E-state index contributed by atoms with van der Waals surface area (Å²) in [6.45, 7) is 5.26. The van der Waals surface area contributed by atoms with Crippen molar-refractivity contribution in [3.8, 4) is 0 Å². The normalized spacial score (nSPS) is 15.5. The van der Waals surface area contributed by atoms with E-state index < -0.39 is 0 Å². The zero-order valence-electron chi connectivity index (χ0n) is 11.5. The first-order valence-corrected chi connectivity index (χ1v) is 6.77. The van der Waals surface area contributed by atoms with Gasteiger partial charge in [0.2, 0.25) is 0 Å². The molecule has 104 valence electrons. The predicted molar refractivity (Wildman–Crippen MR) is 77.6 cm³/mol. The van der Waals surface area contributed by atoms with Gasteiger partial charge in [0.1, 0.15) is 0 Å². The molecule has 0 saturated carbocycles. The summed E-state index contributed by atoms with van der Waals surface area (Å²) in [7, 11) is 0. The molecular formula is C15H17FN4. The summed E-state index contributed by atoms with van der Waals surface area (Å²) in [5, 5.41) is 0. The maximum atomic E-state index is 13.7. The van der Waals surface area contributed by atoms with Gasteiger partial charge in [0, 0.05) is 50.0 Å². The predicted octanol–water partition coefficient (Wildman–Crippen LogP) is 2.25. The van der Waals surface area contributed by atoms with Crippen LogP contribution in [-0.4, -0.2) is 36.1 Å². The summed E-state index contributed by atoms with van der Waals surface area (Å²) >= 11 is 0. The highest BCUT2D eigenvalue weighted by Crippen LogP contribution is 2.20. The second-order valence-electron chi connectivity index (χ2n) is 4.94. The Bertz CT molecular complexity index is 594. The number of piperazine rings is 1. The molecule has 3 heterocycles. The molecule has 2 aromatic rings. The third kappa shape index (κ3) is 2.57. The molecule has 0 aliphatic carbocycles. The molecule has 0 N–H and O–H groups in total. The van der Waals surface area contributed by atoms with Gasteiger partial charge in [-0.15, -0.1) is 0 Å². The number of hydrogen-bond donors (Lipinski definition) is 0. The highest BCUT2D eigenvalue weighted by atomic mass is 19.1. The average Bonchev–Trinajstić information content (AvgIpc) is 2.48. The van der Waals surface area contributed by atoms with E-state index in [1.54, 1.807) is 12.3 Å². The van der Waals surface area contributed by atoms with Crippen LogP contribution in [-0.2, 0) is 0 Å². The van der Waals surface area contributed by atoms with Gasteiger partial charge in [-0.25, -0.2) is 9.37 Å². The van der Waals surface area contributed by atoms with E-state index in [1.165, 1.54) is 11.8 Å². The molecule has 0 aromatic carbocycles. The lowest BCUT2D eigenvalue weighted by Gasteiger charge is -2.36. The van der Waals surface area contributed by atoms with Crippen molar-refractivity contribution in [1.29, 1.82) is 0 Å². The molecule has 1 fully saturated rings. The van der Waals surface area contributed by atoms with Crippen molar-refractivity contribution in [2.75, 3.05) is 36.0 Å². The topological polar surface area (TPSA) is 32.3 Å². The highest BCUT2D eigenvalue weighted by Gasteiger charge is 2.20. The van der Waals surface area contributed by atoms with Crippen LogP contribution < -0.4 is 9.80 Å². The van der Waals surface area contributed by atoms with Crippen molar-refractivity contribution in [2.24, 2.45) is 0 Å². The average molecular weight is 272 g/mol. The van der Waals surface area contributed by atoms with E-state index in [0.29, 0.717) is 5.82 Å². The van der Waals surface area contributed by atoms with Crippen molar-refractivity contribution < 1.29 is 4.39 Å². The number of aryl methyl sites for hydroxylation is 1. The smallest absolute Gasteiger partial charge is 0.165 e. The van der Waals surface area contributed by atoms with Gasteiger partial charge in [-0.2, -0.15) is 0 Å². The zero-order chi connectivity index (χ0) is 13.9. The third-order valence-corrected chi connectivity index (χ3v) is 3.56. The van der Waals surface area contributed by atoms with Crippen molar-refractivity contribution in [1.82, 2.24) is 9.97 Å². The van der Waals surface area contributed by atoms with E-state index in [2.05, 4.69) is 20.9 Å². The molecule has 0 amide bonds. The maximum absolute atomic E-state index is 13.7. The number of anilines is 2. The van der Waals surface area contributed by atoms with Crippen molar-refractivity contribution >= 4 is 11.5 Å². The monoisotopic (exact) mass is 272 g/mol. The molecule has 5 heteroatoms. The summed E-state index contributed by atoms with van der Waals surface area (Å²) in [5.41, 5.74) is 2.19. The van der Waals surface area contributed by atoms with Gasteiger partial charge in [-0.05, 0) is 31.2 Å². The van der Waals surface area contributed by atoms with Crippen LogP contribution in [0.3, 0.4) is 0 Å². The molecular weight excluding hydrogens is 255 g/mol. The fourth-order valence-electron chi connectivity index (χ4n) is 2.51. The maximum Gasteiger partial charge on any atom is 0.165 e. The van der Waals surface area contributed by atoms with Crippen LogP contribution in [0.2, 0.25) is 0 Å². The molecule has 0 radical (unpaired) electrons. The van der Waals surface area contributed by atoms with Crippen LogP contribution in [0.5, 0.6) is 0 Å². The van der Waals surface area contributed by atoms with E-state index in [1.807, 2.05) is 24.1 Å². The van der Waals surface area contributed by atoms with Crippen LogP contribution >= 0.6 is 0 Å². The van der Waals surface area contributed by atoms with E-state index in [-0.39, 0.29) is 5.82 Å². The lowest BCUT2D eigenvalue weighted by Crippen LogP contribution is -2.47. The molecule has 1 aliphatic rings. The molecule has 0 bridgehead atoms. The Balaban J connectivity index is 1.70. The van der Waals surface area contributed by atoms with Crippen LogP contribution in [0.15, 0.2) is 36.7 Å². The number of aromatic nitrogens is 2. The molecule has 4 nitrogen and oxygen atoms in total. The van der Waals surface area contributed by atoms with E-state index >= 15 is 0 Å². The van der Waals surface area contributed by atoms with E-state index in [0.717, 1.165) is 31.9 Å². The van der Waals surface area contributed by atoms with Crippen LogP contribution in [0.1, 0.15) is 5.69 Å². The molecule has 1 saturated heterocycles. The molecule has 0 spiro atoms. The SMILES string of the molecule is Cc1cc(N2CCN(c3ncccc3F)CC2)ccn1. The quantitative estimate of drug-likeness (QED) is 0.839. The Morgan fingerprint density at radius 2 is 1.75 bits per heavy atom. The molecule has 0 atom stereocenters. The lowest BCUT2D eigenvalue weighted by molar-refractivity contribution is 0.588. The lowest BCUT2D eigenvalue weighted by atomic mass is 10.2. The standard InChI is InChI=1S/C15H17FN4/c1-12-11-13(4-6-17-12)19-7-9-20(10-8-19)15-14(16)3-2-5-18-15/h2-6,11H,7-10H2,1H3. The van der Waals surface area contributed by atoms with Gasteiger partial charge in [0.15, 0.2) is 11.6 Å². The molecule has 1 aliphatic heterocycles. The van der Waals surface area contributed by atoms with Gasteiger partial charge in [-0.1, -0.05) is 0 Å². The van der Waals surface area contributed by atoms with Crippen molar-refractivity contribution in [2.45, 2.75) is 6.92 Å². The largest absolute Gasteiger partial charge is 0.368 e. The zero-order valence-corrected chi connectivity index (χ0v) is 11.5. The van der Waals surface area contributed by atoms with E-state index in [4.69, 9.17) is 0 Å². The van der Waals surface area contributed by atoms with Gasteiger partial charge in [-0.3, -0.25) is 4.98 Å². The van der Waals surface area contributed by atoms with Gasteiger partial charge in [0.05, 0.1) is 0 Å². The minimum Gasteiger partial charge on any atom is -0.368 e.